The second kappa shape index (κ2) is 8.11. The fraction of sp³-hybridized carbons (Fsp3) is 0.571. The summed E-state index contributed by atoms with van der Waals surface area (Å²) >= 11 is 0. The number of carbonyl (C=O) groups is 3. The normalized spacial score (nSPS) is 24.0. The number of nitrogens with zero attached hydrogens (tertiary/aromatic N) is 2. The third kappa shape index (κ3) is 4.15. The third-order valence-corrected chi connectivity index (χ3v) is 5.57. The molecule has 3 atom stereocenters. The zero-order valence-electron chi connectivity index (χ0n) is 16.3. The van der Waals surface area contributed by atoms with Crippen LogP contribution in [0.1, 0.15) is 63.2 Å². The van der Waals surface area contributed by atoms with Crippen LogP contribution in [-0.2, 0) is 14.3 Å². The lowest BCUT2D eigenvalue weighted by Crippen LogP contribution is -2.51. The first-order valence-corrected chi connectivity index (χ1v) is 9.82. The number of carbonyl (C=O) groups excluding carboxylic acids is 3. The summed E-state index contributed by atoms with van der Waals surface area (Å²) in [5, 5.41) is 0. The monoisotopic (exact) mass is 372 g/mol. The van der Waals surface area contributed by atoms with Crippen LogP contribution in [-0.4, -0.2) is 47.4 Å². The van der Waals surface area contributed by atoms with Crippen molar-refractivity contribution in [3.05, 3.63) is 29.8 Å². The van der Waals surface area contributed by atoms with Gasteiger partial charge in [0.25, 0.3) is 5.91 Å². The maximum Gasteiger partial charge on any atom is 0.338 e. The lowest BCUT2D eigenvalue weighted by Gasteiger charge is -2.40. The van der Waals surface area contributed by atoms with Crippen LogP contribution >= 0.6 is 0 Å². The molecule has 0 radical (unpaired) electrons. The van der Waals surface area contributed by atoms with E-state index in [2.05, 4.69) is 0 Å². The predicted octanol–water partition coefficient (Wildman–Crippen LogP) is 3.15. The van der Waals surface area contributed by atoms with E-state index in [1.165, 1.54) is 0 Å². The van der Waals surface area contributed by atoms with Gasteiger partial charge in [-0.1, -0.05) is 0 Å². The van der Waals surface area contributed by atoms with Gasteiger partial charge in [-0.3, -0.25) is 9.59 Å². The van der Waals surface area contributed by atoms with Crippen molar-refractivity contribution in [3.63, 3.8) is 0 Å². The molecule has 0 aromatic heterocycles. The van der Waals surface area contributed by atoms with E-state index in [-0.39, 0.29) is 23.9 Å². The van der Waals surface area contributed by atoms with Crippen molar-refractivity contribution in [2.75, 3.05) is 11.4 Å². The average molecular weight is 372 g/mol. The van der Waals surface area contributed by atoms with Crippen molar-refractivity contribution in [3.8, 4) is 0 Å². The first-order valence-electron chi connectivity index (χ1n) is 9.82. The van der Waals surface area contributed by atoms with Crippen LogP contribution in [0.25, 0.3) is 0 Å². The Morgan fingerprint density at radius 2 is 1.70 bits per heavy atom. The number of hydrogen-bond acceptors (Lipinski definition) is 4. The summed E-state index contributed by atoms with van der Waals surface area (Å²) in [6.45, 7) is 6.42. The quantitative estimate of drug-likeness (QED) is 0.762. The molecule has 2 aliphatic heterocycles. The summed E-state index contributed by atoms with van der Waals surface area (Å²) in [4.78, 5) is 40.6. The van der Waals surface area contributed by atoms with Crippen molar-refractivity contribution in [2.45, 2.75) is 71.1 Å². The lowest BCUT2D eigenvalue weighted by molar-refractivity contribution is -0.146. The highest BCUT2D eigenvalue weighted by molar-refractivity contribution is 5.96. The van der Waals surface area contributed by atoms with Gasteiger partial charge in [-0.2, -0.15) is 0 Å². The van der Waals surface area contributed by atoms with E-state index in [9.17, 15) is 14.4 Å². The molecule has 6 heteroatoms. The van der Waals surface area contributed by atoms with Crippen molar-refractivity contribution in [2.24, 2.45) is 0 Å². The number of piperidine rings is 1. The molecule has 0 spiro atoms. The molecule has 3 rings (SSSR count). The maximum atomic E-state index is 12.8. The highest BCUT2D eigenvalue weighted by Crippen LogP contribution is 2.25. The van der Waals surface area contributed by atoms with Crippen LogP contribution in [0.3, 0.4) is 0 Å². The van der Waals surface area contributed by atoms with Crippen LogP contribution < -0.4 is 4.90 Å². The number of rotatable bonds is 4. The molecule has 2 heterocycles. The van der Waals surface area contributed by atoms with E-state index in [4.69, 9.17) is 4.74 Å². The molecule has 27 heavy (non-hydrogen) atoms. The molecule has 1 aromatic rings. The van der Waals surface area contributed by atoms with Crippen molar-refractivity contribution in [1.29, 1.82) is 0 Å². The van der Waals surface area contributed by atoms with Crippen LogP contribution in [0.2, 0.25) is 0 Å². The molecule has 2 fully saturated rings. The number of likely N-dealkylation sites (tertiary alicyclic amines) is 1. The third-order valence-electron chi connectivity index (χ3n) is 5.57. The summed E-state index contributed by atoms with van der Waals surface area (Å²) in [5.74, 6) is -0.552. The second-order valence-electron chi connectivity index (χ2n) is 7.62. The van der Waals surface area contributed by atoms with E-state index in [0.29, 0.717) is 18.5 Å². The molecule has 0 bridgehead atoms. The Balaban J connectivity index is 1.62. The fourth-order valence-electron chi connectivity index (χ4n) is 4.04. The maximum absolute atomic E-state index is 12.8. The summed E-state index contributed by atoms with van der Waals surface area (Å²) < 4.78 is 5.42. The molecule has 0 unspecified atom stereocenters. The number of esters is 1. The van der Waals surface area contributed by atoms with E-state index in [1.54, 1.807) is 36.1 Å². The molecule has 0 aliphatic carbocycles. The number of benzene rings is 1. The van der Waals surface area contributed by atoms with E-state index in [0.717, 1.165) is 31.4 Å². The number of ether oxygens (including phenoxy) is 1. The minimum Gasteiger partial charge on any atom is -0.449 e. The van der Waals surface area contributed by atoms with Crippen molar-refractivity contribution in [1.82, 2.24) is 4.90 Å². The topological polar surface area (TPSA) is 66.9 Å². The van der Waals surface area contributed by atoms with Crippen LogP contribution in [0.15, 0.2) is 24.3 Å². The Bertz CT molecular complexity index is 705. The SMILES string of the molecule is C[C@@H](OC(=O)c1ccc(N2CCCC2=O)cc1)C(=O)N1[C@@H](C)CCC[C@@H]1C. The Morgan fingerprint density at radius 3 is 2.26 bits per heavy atom. The molecule has 146 valence electrons. The molecule has 6 nitrogen and oxygen atoms in total. The lowest BCUT2D eigenvalue weighted by atomic mass is 9.97. The molecular weight excluding hydrogens is 344 g/mol. The average Bonchev–Trinajstić information content (AvgIpc) is 3.07. The van der Waals surface area contributed by atoms with Crippen LogP contribution in [0.4, 0.5) is 5.69 Å². The van der Waals surface area contributed by atoms with E-state index in [1.807, 2.05) is 18.7 Å². The molecule has 2 aliphatic rings. The smallest absolute Gasteiger partial charge is 0.338 e. The number of amides is 2. The standard InChI is InChI=1S/C21H28N2O4/c1-14-6-4-7-15(2)23(14)20(25)16(3)27-21(26)17-9-11-18(12-10-17)22-13-5-8-19(22)24/h9-12,14-16H,4-8,13H2,1-3H3/t14-,15-,16+/m0/s1. The van der Waals surface area contributed by atoms with Gasteiger partial charge in [-0.15, -0.1) is 0 Å². The summed E-state index contributed by atoms with van der Waals surface area (Å²) in [6, 6.07) is 7.13. The first-order chi connectivity index (χ1) is 12.9. The van der Waals surface area contributed by atoms with Gasteiger partial charge in [0.05, 0.1) is 5.56 Å². The molecule has 2 amide bonds. The second-order valence-corrected chi connectivity index (χ2v) is 7.62. The zero-order valence-corrected chi connectivity index (χ0v) is 16.3. The Kier molecular flexibility index (Phi) is 5.82. The predicted molar refractivity (Wildman–Crippen MR) is 103 cm³/mol. The van der Waals surface area contributed by atoms with Gasteiger partial charge in [-0.05, 0) is 70.7 Å². The minimum absolute atomic E-state index is 0.106. The van der Waals surface area contributed by atoms with Crippen LogP contribution in [0, 0.1) is 0 Å². The molecule has 1 aromatic carbocycles. The van der Waals surface area contributed by atoms with Gasteiger partial charge in [0.15, 0.2) is 6.10 Å². The Morgan fingerprint density at radius 1 is 1.07 bits per heavy atom. The van der Waals surface area contributed by atoms with Gasteiger partial charge in [0, 0.05) is 30.7 Å². The van der Waals surface area contributed by atoms with Gasteiger partial charge in [0.1, 0.15) is 0 Å². The number of anilines is 1. The highest BCUT2D eigenvalue weighted by Gasteiger charge is 2.33. The Hall–Kier alpha value is -2.37. The largest absolute Gasteiger partial charge is 0.449 e. The molecular formula is C21H28N2O4. The van der Waals surface area contributed by atoms with E-state index < -0.39 is 12.1 Å². The zero-order chi connectivity index (χ0) is 19.6. The van der Waals surface area contributed by atoms with Gasteiger partial charge < -0.3 is 14.5 Å². The molecule has 2 saturated heterocycles. The van der Waals surface area contributed by atoms with Gasteiger partial charge in [-0.25, -0.2) is 4.79 Å². The highest BCUT2D eigenvalue weighted by atomic mass is 16.5. The fourth-order valence-corrected chi connectivity index (χ4v) is 4.04. The number of hydrogen-bond donors (Lipinski definition) is 0. The molecule has 0 N–H and O–H groups in total. The van der Waals surface area contributed by atoms with Gasteiger partial charge in [0.2, 0.25) is 5.91 Å². The Labute approximate surface area is 160 Å². The summed E-state index contributed by atoms with van der Waals surface area (Å²) in [7, 11) is 0. The minimum atomic E-state index is -0.819. The first kappa shape index (κ1) is 19.4. The molecule has 0 saturated carbocycles. The summed E-state index contributed by atoms with van der Waals surface area (Å²) in [6.07, 6.45) is 3.68. The van der Waals surface area contributed by atoms with Crippen LogP contribution in [0.5, 0.6) is 0 Å². The van der Waals surface area contributed by atoms with Gasteiger partial charge >= 0.3 is 5.97 Å². The van der Waals surface area contributed by atoms with Crippen molar-refractivity contribution < 1.29 is 19.1 Å². The van der Waals surface area contributed by atoms with E-state index >= 15 is 0 Å². The van der Waals surface area contributed by atoms with Crippen molar-refractivity contribution >= 4 is 23.5 Å². The summed E-state index contributed by atoms with van der Waals surface area (Å²) in [5.41, 5.74) is 1.17.